The number of fused-ring (bicyclic) bond motifs is 8. The van der Waals surface area contributed by atoms with Gasteiger partial charge in [-0.3, -0.25) is 97.1 Å². The van der Waals surface area contributed by atoms with Crippen LogP contribution in [0, 0.1) is 41.5 Å². The molecular formula is C91H102Cl2F3N15O23S2. The van der Waals surface area contributed by atoms with Gasteiger partial charge in [0.1, 0.15) is 63.9 Å². The zero-order valence-corrected chi connectivity index (χ0v) is 78.3. The maximum Gasteiger partial charge on any atom is 0.490 e. The van der Waals surface area contributed by atoms with E-state index in [4.69, 9.17) is 86.7 Å². The number of carbonyl (C=O) groups is 13. The van der Waals surface area contributed by atoms with Crippen LogP contribution in [0.4, 0.5) is 13.2 Å². The number of rotatable bonds is 42. The number of carboxylic acids is 2. The average molecular weight is 1970 g/mol. The molecule has 45 heteroatoms. The molecule has 2 unspecified atom stereocenters. The number of ketones is 1. The number of nitrogens with two attached hydrogens (primary N) is 1. The van der Waals surface area contributed by atoms with Crippen LogP contribution in [0.5, 0.6) is 11.5 Å². The van der Waals surface area contributed by atoms with E-state index in [1.54, 1.807) is 28.7 Å². The topological polar surface area (TPSA) is 503 Å². The SMILES string of the molecule is Cc1sc2c(c1C)C(c1ccc(Cl)cc1)=N[C@@H](CC(=O)NCCCOCCOCCOCCCNC(=O)COc1cccc3c1C(=O)N(C1CCC(=O)NC1=O)C3=O)c1nnc(C)n1-2.Cc1sc2c(c1C)C(c1ccc(Cl)cc1)=N[C@@H](CC(=O)O)c1nnc(C)n1-2.NCCCOCCOCCOCCCCC(=O)COc1cccc2c1C(=O)N(C1CCC(=O)NC1=O)C2=O.O=C(O)C(F)(F)F. The minimum Gasteiger partial charge on any atom is -0.485 e. The molecule has 0 saturated carbocycles. The number of carbonyl (C=O) groups excluding carboxylic acids is 11. The Morgan fingerprint density at radius 2 is 0.882 bits per heavy atom. The Morgan fingerprint density at radius 1 is 0.493 bits per heavy atom. The van der Waals surface area contributed by atoms with Crippen molar-refractivity contribution in [3.63, 3.8) is 0 Å². The Kier molecular flexibility index (Phi) is 37.9. The van der Waals surface area contributed by atoms with E-state index in [1.807, 2.05) is 71.5 Å². The number of halogens is 5. The van der Waals surface area contributed by atoms with Gasteiger partial charge in [-0.15, -0.1) is 43.1 Å². The highest BCUT2D eigenvalue weighted by Gasteiger charge is 2.49. The van der Waals surface area contributed by atoms with E-state index in [2.05, 4.69) is 69.4 Å². The van der Waals surface area contributed by atoms with Crippen molar-refractivity contribution in [3.8, 4) is 21.5 Å². The van der Waals surface area contributed by atoms with Crippen molar-refractivity contribution in [1.29, 1.82) is 0 Å². The number of unbranched alkanes of at least 4 members (excludes halogenated alkanes) is 1. The molecule has 14 rings (SSSR count). The first-order valence-electron chi connectivity index (χ1n) is 43.6. The second-order valence-corrected chi connectivity index (χ2v) is 34.7. The Labute approximate surface area is 795 Å². The molecule has 4 aromatic carbocycles. The fourth-order valence-corrected chi connectivity index (χ4v) is 17.6. The molecule has 136 heavy (non-hydrogen) atoms. The van der Waals surface area contributed by atoms with Crippen LogP contribution in [0.1, 0.15) is 197 Å². The third-order valence-electron chi connectivity index (χ3n) is 21.9. The van der Waals surface area contributed by atoms with Gasteiger partial charge in [-0.2, -0.15) is 13.2 Å². The number of carboxylic acid groups (broad SMARTS) is 2. The quantitative estimate of drug-likeness (QED) is 0.0138. The highest BCUT2D eigenvalue weighted by Crippen LogP contribution is 2.43. The minimum absolute atomic E-state index is 0.00734. The lowest BCUT2D eigenvalue weighted by molar-refractivity contribution is -0.192. The number of hydrogen-bond donors (Lipinski definition) is 7. The lowest BCUT2D eigenvalue weighted by atomic mass is 9.99. The number of ether oxygens (including phenoxy) is 8. The number of alkyl halides is 3. The van der Waals surface area contributed by atoms with E-state index < -0.39 is 102 Å². The lowest BCUT2D eigenvalue weighted by Crippen LogP contribution is -2.54. The fourth-order valence-electron chi connectivity index (χ4n) is 14.9. The van der Waals surface area contributed by atoms with Crippen molar-refractivity contribution in [2.45, 2.75) is 149 Å². The largest absolute Gasteiger partial charge is 0.490 e. The van der Waals surface area contributed by atoms with Gasteiger partial charge in [0.25, 0.3) is 29.5 Å². The number of amides is 10. The number of aliphatic carboxylic acids is 2. The van der Waals surface area contributed by atoms with Gasteiger partial charge in [-0.05, 0) is 153 Å². The van der Waals surface area contributed by atoms with E-state index in [0.29, 0.717) is 146 Å². The highest BCUT2D eigenvalue weighted by atomic mass is 35.5. The summed E-state index contributed by atoms with van der Waals surface area (Å²) < 4.78 is 80.0. The zero-order valence-electron chi connectivity index (χ0n) is 75.1. The van der Waals surface area contributed by atoms with Crippen LogP contribution >= 0.6 is 45.9 Å². The molecule has 0 spiro atoms. The van der Waals surface area contributed by atoms with Crippen LogP contribution in [0.15, 0.2) is 94.9 Å². The van der Waals surface area contributed by atoms with Crippen LogP contribution in [0.2, 0.25) is 10.0 Å². The van der Waals surface area contributed by atoms with Gasteiger partial charge in [0.05, 0.1) is 99.4 Å². The first kappa shape index (κ1) is 104. The van der Waals surface area contributed by atoms with E-state index in [0.717, 1.165) is 82.7 Å². The van der Waals surface area contributed by atoms with Gasteiger partial charge in [0, 0.05) is 101 Å². The maximum absolute atomic E-state index is 13.2. The standard InChI is InChI=1S/C44H49ClN8O10S.C26H35N3O9.C19H17ClN4O2S.C2HF3O2/c1-25-26(2)64-44-37(25)39(28-9-11-29(45)12-10-28)48-31(40-51-50-27(3)52(40)44)23-35(55)46-15-5-17-60-19-21-62-22-20-61-18-6-16-47-36(56)24-63-33-8-4-7-30-38(33)43(59)53(42(30)58)32-13-14-34(54)49-41(32)57;27-10-4-12-36-14-16-37-15-13-35-11-2-1-5-18(30)17-38-21-7-3-6-19-23(21)26(34)29(25(19)33)20-8-9-22(31)28-24(20)32;1-9-10(2)27-19-16(9)17(12-4-6-13(20)7-5-12)21-14(8-15(25)26)18-23-22-11(3)24(18)19;3-2(4,5)1(6)7/h4,7-12,31-32H,5-6,13-24H2,1-3H3,(H,46,55)(H,47,56)(H,49,54,57);3,6-7,20H,1-2,4-5,8-17,27H2,(H,28,31,32);4-7,14H,8H2,1-3H3,(H,25,26);(H,6,7)/t31-,32?;;14-;/m0.0./s1. The van der Waals surface area contributed by atoms with Crippen molar-refractivity contribution in [1.82, 2.24) is 60.6 Å². The highest BCUT2D eigenvalue weighted by molar-refractivity contribution is 7.15. The Balaban J connectivity index is 0.000000207. The van der Waals surface area contributed by atoms with E-state index >= 15 is 0 Å². The number of imide groups is 4. The number of hydrogen-bond acceptors (Lipinski definition) is 30. The molecule has 0 radical (unpaired) electrons. The summed E-state index contributed by atoms with van der Waals surface area (Å²) in [5.74, 6) is -6.62. The summed E-state index contributed by atoms with van der Waals surface area (Å²) in [5, 5.41) is 47.1. The summed E-state index contributed by atoms with van der Waals surface area (Å²) in [5.41, 5.74) is 13.2. The van der Waals surface area contributed by atoms with Crippen molar-refractivity contribution in [2.75, 3.05) is 112 Å². The predicted octanol–water partition coefficient (Wildman–Crippen LogP) is 9.24. The van der Waals surface area contributed by atoms with Gasteiger partial charge in [0.2, 0.25) is 29.5 Å². The number of benzene rings is 4. The summed E-state index contributed by atoms with van der Waals surface area (Å²) in [4.78, 5) is 172. The van der Waals surface area contributed by atoms with Crippen LogP contribution in [0.25, 0.3) is 10.0 Å². The smallest absolute Gasteiger partial charge is 0.485 e. The van der Waals surface area contributed by atoms with Crippen molar-refractivity contribution >= 4 is 134 Å². The molecule has 6 aliphatic heterocycles. The number of aryl methyl sites for hydroxylation is 4. The Morgan fingerprint density at radius 3 is 1.29 bits per heavy atom. The monoisotopic (exact) mass is 1960 g/mol. The van der Waals surface area contributed by atoms with Crippen LogP contribution in [0.3, 0.4) is 0 Å². The second kappa shape index (κ2) is 49.5. The molecule has 6 aliphatic rings. The molecule has 726 valence electrons. The predicted molar refractivity (Wildman–Crippen MR) is 487 cm³/mol. The maximum atomic E-state index is 13.2. The fraction of sp³-hybridized carbons (Fsp3) is 0.440. The molecule has 4 atom stereocenters. The molecule has 10 amide bonds. The van der Waals surface area contributed by atoms with Crippen molar-refractivity contribution in [2.24, 2.45) is 15.7 Å². The minimum atomic E-state index is -5.08. The van der Waals surface area contributed by atoms with Crippen LogP contribution < -0.4 is 36.5 Å². The summed E-state index contributed by atoms with van der Waals surface area (Å²) >= 11 is 15.6. The number of thiophene rings is 2. The molecule has 2 fully saturated rings. The summed E-state index contributed by atoms with van der Waals surface area (Å²) in [6.07, 6.45) is -1.42. The number of nitrogens with one attached hydrogen (secondary N) is 4. The van der Waals surface area contributed by atoms with Crippen LogP contribution in [-0.4, -0.2) is 268 Å². The van der Waals surface area contributed by atoms with Crippen molar-refractivity contribution in [3.05, 3.63) is 184 Å². The first-order valence-corrected chi connectivity index (χ1v) is 46.0. The Bertz CT molecular complexity index is 5800. The van der Waals surface area contributed by atoms with Gasteiger partial charge in [-0.1, -0.05) is 59.6 Å². The normalized spacial score (nSPS) is 16.4. The summed E-state index contributed by atoms with van der Waals surface area (Å²) in [7, 11) is 0. The molecule has 0 aliphatic carbocycles. The number of nitrogens with zero attached hydrogens (tertiary/aromatic N) is 10. The van der Waals surface area contributed by atoms with E-state index in [1.165, 1.54) is 40.1 Å². The van der Waals surface area contributed by atoms with Gasteiger partial charge in [0.15, 0.2) is 24.0 Å². The molecular weight excluding hydrogens is 1860 g/mol. The van der Waals surface area contributed by atoms with Crippen LogP contribution in [-0.2, 0) is 71.6 Å². The second-order valence-electron chi connectivity index (χ2n) is 31.5. The third-order valence-corrected chi connectivity index (χ3v) is 24.7. The number of aromatic nitrogens is 6. The van der Waals surface area contributed by atoms with E-state index in [-0.39, 0.29) is 97.0 Å². The number of Topliss-reactive ketones (excluding diaryl/α,β-unsaturated/α-hetero) is 1. The third kappa shape index (κ3) is 26.9. The lowest BCUT2D eigenvalue weighted by Gasteiger charge is -2.27. The molecule has 0 bridgehead atoms. The molecule has 4 aromatic heterocycles. The Hall–Kier alpha value is -12.3. The van der Waals surface area contributed by atoms with Gasteiger partial charge < -0.3 is 64.5 Å². The first-order chi connectivity index (χ1) is 65.2. The summed E-state index contributed by atoms with van der Waals surface area (Å²) in [6, 6.07) is 20.7. The molecule has 8 N–H and O–H groups in total. The molecule has 2 saturated heterocycles. The van der Waals surface area contributed by atoms with E-state index in [9.17, 15) is 75.8 Å². The van der Waals surface area contributed by atoms with Gasteiger partial charge >= 0.3 is 18.1 Å². The number of piperidine rings is 2. The zero-order chi connectivity index (χ0) is 98.0. The number of aliphatic imine (C=N–C) groups is 2. The molecule has 38 nitrogen and oxygen atoms in total. The van der Waals surface area contributed by atoms with Gasteiger partial charge in [-0.25, -0.2) is 4.79 Å². The summed E-state index contributed by atoms with van der Waals surface area (Å²) in [6.45, 7) is 18.2. The molecule has 8 aromatic rings. The molecule has 10 heterocycles. The average Bonchev–Trinajstić information content (AvgIpc) is 1.63. The van der Waals surface area contributed by atoms with Crippen molar-refractivity contribution < 1.29 is 124 Å².